The van der Waals surface area contributed by atoms with Gasteiger partial charge in [-0.25, -0.2) is 4.98 Å². The second-order valence-corrected chi connectivity index (χ2v) is 6.40. The Bertz CT molecular complexity index is 557. The van der Waals surface area contributed by atoms with E-state index >= 15 is 0 Å². The molecule has 108 valence electrons. The Morgan fingerprint density at radius 3 is 2.60 bits per heavy atom. The number of rotatable bonds is 5. The van der Waals surface area contributed by atoms with Crippen LogP contribution >= 0.6 is 27.3 Å². The van der Waals surface area contributed by atoms with Gasteiger partial charge in [0.05, 0.1) is 15.7 Å². The third-order valence-electron chi connectivity index (χ3n) is 2.22. The zero-order valence-corrected chi connectivity index (χ0v) is 12.5. The summed E-state index contributed by atoms with van der Waals surface area (Å²) >= 11 is 4.98. The van der Waals surface area contributed by atoms with Crippen LogP contribution in [0.15, 0.2) is 34.2 Å². The molecule has 0 unspecified atom stereocenters. The quantitative estimate of drug-likeness (QED) is 0.848. The van der Waals surface area contributed by atoms with Crippen LogP contribution in [0.2, 0.25) is 0 Å². The highest BCUT2D eigenvalue weighted by Gasteiger charge is 2.28. The Kier molecular flexibility index (Phi) is 4.87. The number of alkyl halides is 3. The first-order valence-electron chi connectivity index (χ1n) is 5.56. The topological polar surface area (TPSA) is 34.1 Å². The van der Waals surface area contributed by atoms with Crippen LogP contribution in [0.5, 0.6) is 5.88 Å². The molecule has 2 heterocycles. The molecule has 2 rings (SSSR count). The van der Waals surface area contributed by atoms with Crippen molar-refractivity contribution >= 4 is 33.0 Å². The molecule has 1 N–H and O–H groups in total. The standard InChI is InChI=1S/C12H10BrF3N2OS/c13-10-3-2-9(20-10)6-17-8-1-4-11(18-5-8)19-7-12(14,15)16/h1-5,17H,6-7H2. The zero-order chi connectivity index (χ0) is 14.6. The number of pyridine rings is 1. The van der Waals surface area contributed by atoms with Crippen molar-refractivity contribution in [3.63, 3.8) is 0 Å². The van der Waals surface area contributed by atoms with Crippen LogP contribution in [0.1, 0.15) is 4.88 Å². The van der Waals surface area contributed by atoms with Crippen LogP contribution in [-0.2, 0) is 6.54 Å². The molecule has 0 saturated carbocycles. The first-order valence-corrected chi connectivity index (χ1v) is 7.17. The second kappa shape index (κ2) is 6.45. The van der Waals surface area contributed by atoms with Crippen LogP contribution in [0, 0.1) is 0 Å². The predicted octanol–water partition coefficient (Wildman–Crippen LogP) is 4.46. The van der Waals surface area contributed by atoms with Crippen LogP contribution < -0.4 is 10.1 Å². The highest BCUT2D eigenvalue weighted by Crippen LogP contribution is 2.23. The van der Waals surface area contributed by atoms with Gasteiger partial charge in [0.2, 0.25) is 5.88 Å². The lowest BCUT2D eigenvalue weighted by Crippen LogP contribution is -2.19. The van der Waals surface area contributed by atoms with Gasteiger partial charge in [-0.2, -0.15) is 13.2 Å². The number of halogens is 4. The first-order chi connectivity index (χ1) is 9.42. The van der Waals surface area contributed by atoms with E-state index in [1.165, 1.54) is 12.3 Å². The number of thiophene rings is 1. The van der Waals surface area contributed by atoms with Crippen molar-refractivity contribution in [2.45, 2.75) is 12.7 Å². The van der Waals surface area contributed by atoms with Crippen molar-refractivity contribution in [3.05, 3.63) is 39.1 Å². The number of ether oxygens (including phenoxy) is 1. The largest absolute Gasteiger partial charge is 0.468 e. The molecule has 0 aliphatic heterocycles. The van der Waals surface area contributed by atoms with E-state index in [4.69, 9.17) is 0 Å². The third kappa shape index (κ3) is 5.01. The molecule has 0 atom stereocenters. The maximum absolute atomic E-state index is 12.0. The van der Waals surface area contributed by atoms with Crippen molar-refractivity contribution < 1.29 is 17.9 Å². The average molecular weight is 367 g/mol. The van der Waals surface area contributed by atoms with Gasteiger partial charge in [-0.1, -0.05) is 0 Å². The van der Waals surface area contributed by atoms with Crippen LogP contribution in [-0.4, -0.2) is 17.8 Å². The summed E-state index contributed by atoms with van der Waals surface area (Å²) in [6.45, 7) is -0.712. The number of anilines is 1. The monoisotopic (exact) mass is 366 g/mol. The molecule has 2 aromatic rings. The summed E-state index contributed by atoms with van der Waals surface area (Å²) in [4.78, 5) is 4.94. The fourth-order valence-electron chi connectivity index (χ4n) is 1.36. The lowest BCUT2D eigenvalue weighted by molar-refractivity contribution is -0.154. The molecule has 3 nitrogen and oxygen atoms in total. The van der Waals surface area contributed by atoms with Crippen molar-refractivity contribution in [2.24, 2.45) is 0 Å². The molecular weight excluding hydrogens is 357 g/mol. The molecule has 0 aliphatic rings. The number of hydrogen-bond acceptors (Lipinski definition) is 4. The fraction of sp³-hybridized carbons (Fsp3) is 0.250. The SMILES string of the molecule is FC(F)(F)COc1ccc(NCc2ccc(Br)s2)cn1. The van der Waals surface area contributed by atoms with E-state index in [0.29, 0.717) is 12.2 Å². The molecule has 0 fully saturated rings. The predicted molar refractivity (Wildman–Crippen MR) is 75.1 cm³/mol. The van der Waals surface area contributed by atoms with E-state index < -0.39 is 12.8 Å². The maximum atomic E-state index is 12.0. The van der Waals surface area contributed by atoms with Gasteiger partial charge in [-0.15, -0.1) is 11.3 Å². The van der Waals surface area contributed by atoms with Gasteiger partial charge in [-0.05, 0) is 34.1 Å². The Labute approximate surface area is 125 Å². The number of nitrogens with one attached hydrogen (secondary N) is 1. The summed E-state index contributed by atoms with van der Waals surface area (Å²) in [5.74, 6) is -0.0493. The number of aromatic nitrogens is 1. The van der Waals surface area contributed by atoms with Gasteiger partial charge in [0, 0.05) is 17.5 Å². The van der Waals surface area contributed by atoms with E-state index in [9.17, 15) is 13.2 Å². The summed E-state index contributed by atoms with van der Waals surface area (Å²) in [6.07, 6.45) is -2.92. The lowest BCUT2D eigenvalue weighted by atomic mass is 10.4. The normalized spacial score (nSPS) is 11.4. The molecule has 0 spiro atoms. The minimum atomic E-state index is -4.36. The molecule has 0 amide bonds. The molecule has 0 aromatic carbocycles. The first kappa shape index (κ1) is 15.1. The molecule has 0 bridgehead atoms. The van der Waals surface area contributed by atoms with Gasteiger partial charge < -0.3 is 10.1 Å². The van der Waals surface area contributed by atoms with Crippen molar-refractivity contribution in [2.75, 3.05) is 11.9 Å². The molecule has 0 aliphatic carbocycles. The maximum Gasteiger partial charge on any atom is 0.422 e. The highest BCUT2D eigenvalue weighted by atomic mass is 79.9. The van der Waals surface area contributed by atoms with E-state index in [1.54, 1.807) is 17.4 Å². The second-order valence-electron chi connectivity index (χ2n) is 3.85. The smallest absolute Gasteiger partial charge is 0.422 e. The number of nitrogens with zero attached hydrogens (tertiary/aromatic N) is 1. The summed E-state index contributed by atoms with van der Waals surface area (Å²) in [7, 11) is 0. The van der Waals surface area contributed by atoms with Crippen molar-refractivity contribution in [1.82, 2.24) is 4.98 Å². The van der Waals surface area contributed by atoms with Crippen molar-refractivity contribution in [1.29, 1.82) is 0 Å². The highest BCUT2D eigenvalue weighted by molar-refractivity contribution is 9.11. The summed E-state index contributed by atoms with van der Waals surface area (Å²) < 4.78 is 41.5. The average Bonchev–Trinajstić information content (AvgIpc) is 2.80. The van der Waals surface area contributed by atoms with Crippen molar-refractivity contribution in [3.8, 4) is 5.88 Å². The molecular formula is C12H10BrF3N2OS. The Balaban J connectivity index is 1.85. The van der Waals surface area contributed by atoms with E-state index in [-0.39, 0.29) is 5.88 Å². The third-order valence-corrected chi connectivity index (χ3v) is 3.84. The van der Waals surface area contributed by atoms with E-state index in [1.807, 2.05) is 12.1 Å². The fourth-order valence-corrected chi connectivity index (χ4v) is 2.78. The Morgan fingerprint density at radius 2 is 2.05 bits per heavy atom. The Hall–Kier alpha value is -1.28. The van der Waals surface area contributed by atoms with Gasteiger partial charge in [0.25, 0.3) is 0 Å². The van der Waals surface area contributed by atoms with E-state index in [2.05, 4.69) is 31.0 Å². The van der Waals surface area contributed by atoms with Gasteiger partial charge in [0.15, 0.2) is 6.61 Å². The zero-order valence-electron chi connectivity index (χ0n) is 10.1. The van der Waals surface area contributed by atoms with Crippen LogP contribution in [0.4, 0.5) is 18.9 Å². The van der Waals surface area contributed by atoms with E-state index in [0.717, 1.165) is 8.66 Å². The minimum absolute atomic E-state index is 0.0493. The molecule has 2 aromatic heterocycles. The summed E-state index contributed by atoms with van der Waals surface area (Å²) in [5, 5.41) is 3.12. The number of hydrogen-bond donors (Lipinski definition) is 1. The van der Waals surface area contributed by atoms with Gasteiger partial charge in [0.1, 0.15) is 0 Å². The van der Waals surface area contributed by atoms with Crippen LogP contribution in [0.3, 0.4) is 0 Å². The van der Waals surface area contributed by atoms with Gasteiger partial charge >= 0.3 is 6.18 Å². The lowest BCUT2D eigenvalue weighted by Gasteiger charge is -2.09. The summed E-state index contributed by atoms with van der Waals surface area (Å²) in [5.41, 5.74) is 0.717. The molecule has 0 saturated heterocycles. The summed E-state index contributed by atoms with van der Waals surface area (Å²) in [6, 6.07) is 6.96. The molecule has 8 heteroatoms. The minimum Gasteiger partial charge on any atom is -0.468 e. The Morgan fingerprint density at radius 1 is 1.25 bits per heavy atom. The van der Waals surface area contributed by atoms with Gasteiger partial charge in [-0.3, -0.25) is 0 Å². The molecule has 20 heavy (non-hydrogen) atoms. The molecule has 0 radical (unpaired) electrons. The van der Waals surface area contributed by atoms with Crippen LogP contribution in [0.25, 0.3) is 0 Å².